The van der Waals surface area contributed by atoms with Crippen LogP contribution in [0.3, 0.4) is 0 Å². The number of hydrazone groups is 1. The Hall–Kier alpha value is -3.49. The molecule has 3 N–H and O–H groups in total. The van der Waals surface area contributed by atoms with Gasteiger partial charge in [-0.2, -0.15) is 5.10 Å². The summed E-state index contributed by atoms with van der Waals surface area (Å²) >= 11 is 0. The van der Waals surface area contributed by atoms with Gasteiger partial charge >= 0.3 is 0 Å². The van der Waals surface area contributed by atoms with Crippen LogP contribution in [0.2, 0.25) is 0 Å². The monoisotopic (exact) mass is 369 g/mol. The molecular formula is C18H19N5O4. The molecule has 0 radical (unpaired) electrons. The molecule has 1 atom stereocenters. The molecule has 9 heteroatoms. The van der Waals surface area contributed by atoms with Crippen LogP contribution in [0.5, 0.6) is 0 Å². The SMILES string of the molecule is Cc1cc(NC(=O)C(Cc2ccccc2)NC(=O)C2=NNC(=O)CC2)no1. The van der Waals surface area contributed by atoms with E-state index in [0.29, 0.717) is 5.76 Å². The van der Waals surface area contributed by atoms with Crippen LogP contribution in [0.1, 0.15) is 24.2 Å². The van der Waals surface area contributed by atoms with Gasteiger partial charge in [-0.1, -0.05) is 35.5 Å². The Kier molecular flexibility index (Phi) is 5.60. The van der Waals surface area contributed by atoms with Gasteiger partial charge < -0.3 is 15.2 Å². The van der Waals surface area contributed by atoms with Crippen molar-refractivity contribution in [1.29, 1.82) is 0 Å². The van der Waals surface area contributed by atoms with Crippen LogP contribution < -0.4 is 16.1 Å². The number of nitrogens with one attached hydrogen (secondary N) is 3. The first-order chi connectivity index (χ1) is 13.0. The van der Waals surface area contributed by atoms with E-state index in [1.165, 1.54) is 0 Å². The molecule has 0 saturated carbocycles. The average molecular weight is 369 g/mol. The van der Waals surface area contributed by atoms with Gasteiger partial charge in [0, 0.05) is 25.3 Å². The lowest BCUT2D eigenvalue weighted by Gasteiger charge is -2.19. The summed E-state index contributed by atoms with van der Waals surface area (Å²) in [6.45, 7) is 1.71. The number of aromatic nitrogens is 1. The Balaban J connectivity index is 1.73. The number of benzene rings is 1. The van der Waals surface area contributed by atoms with E-state index in [4.69, 9.17) is 4.52 Å². The summed E-state index contributed by atoms with van der Waals surface area (Å²) in [7, 11) is 0. The fraction of sp³-hybridized carbons (Fsp3) is 0.278. The third-order valence-corrected chi connectivity index (χ3v) is 3.95. The van der Waals surface area contributed by atoms with E-state index in [9.17, 15) is 14.4 Å². The summed E-state index contributed by atoms with van der Waals surface area (Å²) in [6.07, 6.45) is 0.689. The van der Waals surface area contributed by atoms with Crippen LogP contribution in [-0.4, -0.2) is 34.6 Å². The highest BCUT2D eigenvalue weighted by molar-refractivity contribution is 6.40. The topological polar surface area (TPSA) is 126 Å². The first-order valence-electron chi connectivity index (χ1n) is 8.45. The molecule has 3 amide bonds. The highest BCUT2D eigenvalue weighted by Gasteiger charge is 2.26. The summed E-state index contributed by atoms with van der Waals surface area (Å²) < 4.78 is 4.94. The van der Waals surface area contributed by atoms with E-state index in [0.717, 1.165) is 5.56 Å². The Morgan fingerprint density at radius 3 is 2.67 bits per heavy atom. The molecule has 140 valence electrons. The number of hydrogen-bond donors (Lipinski definition) is 3. The molecule has 2 heterocycles. The second-order valence-electron chi connectivity index (χ2n) is 6.12. The fourth-order valence-corrected chi connectivity index (χ4v) is 2.58. The van der Waals surface area contributed by atoms with Gasteiger partial charge in [-0.05, 0) is 12.5 Å². The summed E-state index contributed by atoms with van der Waals surface area (Å²) in [6, 6.07) is 10.0. The van der Waals surface area contributed by atoms with Crippen molar-refractivity contribution in [3.05, 3.63) is 47.7 Å². The van der Waals surface area contributed by atoms with E-state index < -0.39 is 17.9 Å². The van der Waals surface area contributed by atoms with Gasteiger partial charge in [0.15, 0.2) is 5.82 Å². The average Bonchev–Trinajstić information content (AvgIpc) is 3.07. The Morgan fingerprint density at radius 1 is 1.26 bits per heavy atom. The van der Waals surface area contributed by atoms with Crippen molar-refractivity contribution in [2.24, 2.45) is 5.10 Å². The predicted molar refractivity (Wildman–Crippen MR) is 96.8 cm³/mol. The zero-order chi connectivity index (χ0) is 19.2. The number of amides is 3. The third kappa shape index (κ3) is 5.00. The predicted octanol–water partition coefficient (Wildman–Crippen LogP) is 0.915. The second kappa shape index (κ2) is 8.26. The maximum Gasteiger partial charge on any atom is 0.268 e. The van der Waals surface area contributed by atoms with Crippen molar-refractivity contribution in [2.45, 2.75) is 32.2 Å². The van der Waals surface area contributed by atoms with Crippen molar-refractivity contribution >= 4 is 29.3 Å². The van der Waals surface area contributed by atoms with Crippen LogP contribution in [0.15, 0.2) is 46.0 Å². The Bertz CT molecular complexity index is 875. The standard InChI is InChI=1S/C18H19N5O4/c1-11-9-15(23-27-11)20-18(26)14(10-12-5-3-2-4-6-12)19-17(25)13-7-8-16(24)22-21-13/h2-6,9,14H,7-8,10H2,1H3,(H,19,25)(H,22,24)(H,20,23,26). The first kappa shape index (κ1) is 18.3. The Labute approximate surface area is 155 Å². The van der Waals surface area contributed by atoms with E-state index >= 15 is 0 Å². The van der Waals surface area contributed by atoms with E-state index in [2.05, 4.69) is 26.3 Å². The normalized spacial score (nSPS) is 14.7. The van der Waals surface area contributed by atoms with Crippen LogP contribution in [-0.2, 0) is 20.8 Å². The molecule has 0 aliphatic carbocycles. The van der Waals surface area contributed by atoms with E-state index in [1.807, 2.05) is 30.3 Å². The third-order valence-electron chi connectivity index (χ3n) is 3.95. The van der Waals surface area contributed by atoms with Crippen LogP contribution in [0, 0.1) is 6.92 Å². The molecule has 27 heavy (non-hydrogen) atoms. The quantitative estimate of drug-likeness (QED) is 0.698. The molecule has 0 saturated heterocycles. The summed E-state index contributed by atoms with van der Waals surface area (Å²) in [5.74, 6) is -0.344. The molecule has 1 aromatic heterocycles. The summed E-state index contributed by atoms with van der Waals surface area (Å²) in [5, 5.41) is 12.8. The minimum atomic E-state index is -0.850. The van der Waals surface area contributed by atoms with Crippen molar-refractivity contribution in [1.82, 2.24) is 15.9 Å². The molecule has 2 aromatic rings. The lowest BCUT2D eigenvalue weighted by molar-refractivity contribution is -0.123. The minimum absolute atomic E-state index is 0.178. The smallest absolute Gasteiger partial charge is 0.268 e. The number of aryl methyl sites for hydroxylation is 1. The van der Waals surface area contributed by atoms with Gasteiger partial charge in [0.2, 0.25) is 11.8 Å². The van der Waals surface area contributed by atoms with Crippen LogP contribution in [0.4, 0.5) is 5.82 Å². The molecule has 1 unspecified atom stereocenters. The molecular weight excluding hydrogens is 350 g/mol. The van der Waals surface area contributed by atoms with Gasteiger partial charge in [-0.15, -0.1) is 0 Å². The maximum absolute atomic E-state index is 12.7. The number of hydrogen-bond acceptors (Lipinski definition) is 6. The highest BCUT2D eigenvalue weighted by atomic mass is 16.5. The van der Waals surface area contributed by atoms with Crippen LogP contribution >= 0.6 is 0 Å². The molecule has 1 aliphatic heterocycles. The van der Waals surface area contributed by atoms with Crippen molar-refractivity contribution in [3.8, 4) is 0 Å². The lowest BCUT2D eigenvalue weighted by atomic mass is 10.0. The van der Waals surface area contributed by atoms with Gasteiger partial charge in [0.1, 0.15) is 17.5 Å². The van der Waals surface area contributed by atoms with Gasteiger partial charge in [-0.25, -0.2) is 5.43 Å². The number of nitrogens with zero attached hydrogens (tertiary/aromatic N) is 2. The Morgan fingerprint density at radius 2 is 2.04 bits per heavy atom. The minimum Gasteiger partial charge on any atom is -0.360 e. The molecule has 0 bridgehead atoms. The highest BCUT2D eigenvalue weighted by Crippen LogP contribution is 2.10. The second-order valence-corrected chi connectivity index (χ2v) is 6.12. The molecule has 0 spiro atoms. The largest absolute Gasteiger partial charge is 0.360 e. The number of carbonyl (C=O) groups is 3. The number of rotatable bonds is 6. The van der Waals surface area contributed by atoms with E-state index in [-0.39, 0.29) is 36.7 Å². The molecule has 3 rings (SSSR count). The van der Waals surface area contributed by atoms with Gasteiger partial charge in [0.05, 0.1) is 0 Å². The zero-order valence-electron chi connectivity index (χ0n) is 14.7. The van der Waals surface area contributed by atoms with Crippen molar-refractivity contribution < 1.29 is 18.9 Å². The van der Waals surface area contributed by atoms with E-state index in [1.54, 1.807) is 13.0 Å². The summed E-state index contributed by atoms with van der Waals surface area (Å²) in [4.78, 5) is 36.3. The van der Waals surface area contributed by atoms with Crippen molar-refractivity contribution in [3.63, 3.8) is 0 Å². The molecule has 1 aliphatic rings. The zero-order valence-corrected chi connectivity index (χ0v) is 14.7. The molecule has 9 nitrogen and oxygen atoms in total. The summed E-state index contributed by atoms with van der Waals surface area (Å²) in [5.41, 5.74) is 3.33. The van der Waals surface area contributed by atoms with Gasteiger partial charge in [0.25, 0.3) is 5.91 Å². The van der Waals surface area contributed by atoms with Crippen LogP contribution in [0.25, 0.3) is 0 Å². The molecule has 0 fully saturated rings. The fourth-order valence-electron chi connectivity index (χ4n) is 2.58. The van der Waals surface area contributed by atoms with Crippen molar-refractivity contribution in [2.75, 3.05) is 5.32 Å². The maximum atomic E-state index is 12.7. The van der Waals surface area contributed by atoms with Gasteiger partial charge in [-0.3, -0.25) is 14.4 Å². The number of carbonyl (C=O) groups excluding carboxylic acids is 3. The first-order valence-corrected chi connectivity index (χ1v) is 8.45. The lowest BCUT2D eigenvalue weighted by Crippen LogP contribution is -2.48. The number of anilines is 1. The molecule has 1 aromatic carbocycles.